The minimum Gasteiger partial charge on any atom is -0.488 e. The molecule has 1 atom stereocenters. The minimum absolute atomic E-state index is 0.208. The molecule has 2 N–H and O–H groups in total. The first-order valence-electron chi connectivity index (χ1n) is 11.1. The molecule has 34 heavy (non-hydrogen) atoms. The van der Waals surface area contributed by atoms with Crippen LogP contribution in [-0.2, 0) is 4.79 Å². The molecule has 1 aromatic heterocycles. The number of hydrogen-bond donors (Lipinski definition) is 2. The summed E-state index contributed by atoms with van der Waals surface area (Å²) in [6, 6.07) is 26.9. The van der Waals surface area contributed by atoms with E-state index in [0.717, 1.165) is 22.4 Å². The largest absolute Gasteiger partial charge is 0.488 e. The van der Waals surface area contributed by atoms with Gasteiger partial charge < -0.3 is 15.2 Å². The second-order valence-corrected chi connectivity index (χ2v) is 8.31. The second-order valence-electron chi connectivity index (χ2n) is 8.31. The molecule has 2 heterocycles. The molecule has 3 aromatic carbocycles. The molecule has 1 amide bonds. The average Bonchev–Trinajstić information content (AvgIpc) is 2.89. The summed E-state index contributed by atoms with van der Waals surface area (Å²) < 4.78 is 5.84. The number of fused-ring (bicyclic) bond motifs is 1. The van der Waals surface area contributed by atoms with Crippen LogP contribution in [0.2, 0.25) is 0 Å². The first-order valence-corrected chi connectivity index (χ1v) is 11.1. The number of carbonyl (C=O) groups excluding carboxylic acids is 1. The van der Waals surface area contributed by atoms with Crippen LogP contribution in [0.5, 0.6) is 5.75 Å². The monoisotopic (exact) mass is 448 g/mol. The van der Waals surface area contributed by atoms with Gasteiger partial charge in [0.15, 0.2) is 0 Å². The Kier molecular flexibility index (Phi) is 5.93. The maximum Gasteiger partial charge on any atom is 0.255 e. The van der Waals surface area contributed by atoms with Crippen molar-refractivity contribution in [2.24, 2.45) is 0 Å². The van der Waals surface area contributed by atoms with Crippen LogP contribution in [0.15, 0.2) is 96.7 Å². The molecule has 5 nitrogen and oxygen atoms in total. The quantitative estimate of drug-likeness (QED) is 0.420. The molecule has 1 aliphatic rings. The topological polar surface area (TPSA) is 71.5 Å². The first kappa shape index (κ1) is 21.6. The highest BCUT2D eigenvalue weighted by atomic mass is 16.5. The van der Waals surface area contributed by atoms with Crippen LogP contribution in [-0.4, -0.2) is 22.6 Å². The van der Waals surface area contributed by atoms with Gasteiger partial charge in [-0.3, -0.25) is 9.78 Å². The fourth-order valence-corrected chi connectivity index (χ4v) is 3.90. The summed E-state index contributed by atoms with van der Waals surface area (Å²) in [5.74, 6) is 0.546. The Balaban J connectivity index is 1.31. The molecule has 5 heteroatoms. The van der Waals surface area contributed by atoms with E-state index < -0.39 is 6.10 Å². The molecule has 0 spiro atoms. The van der Waals surface area contributed by atoms with Crippen molar-refractivity contribution in [2.75, 3.05) is 11.9 Å². The highest BCUT2D eigenvalue weighted by Crippen LogP contribution is 2.32. The van der Waals surface area contributed by atoms with Crippen LogP contribution >= 0.6 is 0 Å². The molecule has 0 saturated heterocycles. The van der Waals surface area contributed by atoms with Crippen molar-refractivity contribution in [3.05, 3.63) is 119 Å². The molecule has 0 fully saturated rings. The number of nitrogens with one attached hydrogen (secondary N) is 1. The van der Waals surface area contributed by atoms with Gasteiger partial charge in [0.1, 0.15) is 18.5 Å². The number of aliphatic hydroxyl groups excluding tert-OH is 1. The molecule has 0 aliphatic carbocycles. The maximum absolute atomic E-state index is 12.9. The SMILES string of the molecule is Cc1ccc(-c2ccc3c(c2)C=C(C(=O)Nc2ccc(C(O)c4ccccn4)cc2)CO3)cc1. The Morgan fingerprint density at radius 2 is 1.74 bits per heavy atom. The van der Waals surface area contributed by atoms with Crippen LogP contribution in [0.1, 0.15) is 28.5 Å². The number of aromatic nitrogens is 1. The molecular formula is C29H24N2O3. The second kappa shape index (κ2) is 9.33. The van der Waals surface area contributed by atoms with Gasteiger partial charge in [0.25, 0.3) is 5.91 Å². The number of benzene rings is 3. The van der Waals surface area contributed by atoms with Gasteiger partial charge in [0.05, 0.1) is 11.3 Å². The predicted molar refractivity (Wildman–Crippen MR) is 133 cm³/mol. The van der Waals surface area contributed by atoms with Gasteiger partial charge >= 0.3 is 0 Å². The third-order valence-corrected chi connectivity index (χ3v) is 5.85. The summed E-state index contributed by atoms with van der Waals surface area (Å²) in [4.78, 5) is 17.1. The summed E-state index contributed by atoms with van der Waals surface area (Å²) in [7, 11) is 0. The number of aliphatic hydroxyl groups is 1. The van der Waals surface area contributed by atoms with E-state index in [1.807, 2.05) is 30.3 Å². The van der Waals surface area contributed by atoms with Crippen LogP contribution in [0.4, 0.5) is 5.69 Å². The molecule has 0 radical (unpaired) electrons. The molecule has 4 aromatic rings. The molecule has 5 rings (SSSR count). The fourth-order valence-electron chi connectivity index (χ4n) is 3.90. The van der Waals surface area contributed by atoms with E-state index >= 15 is 0 Å². The van der Waals surface area contributed by atoms with Crippen molar-refractivity contribution in [2.45, 2.75) is 13.0 Å². The lowest BCUT2D eigenvalue weighted by atomic mass is 9.99. The van der Waals surface area contributed by atoms with Gasteiger partial charge in [-0.05, 0) is 66.1 Å². The number of carbonyl (C=O) groups is 1. The van der Waals surface area contributed by atoms with E-state index in [-0.39, 0.29) is 12.5 Å². The van der Waals surface area contributed by atoms with Gasteiger partial charge in [-0.1, -0.05) is 54.1 Å². The number of amides is 1. The van der Waals surface area contributed by atoms with Crippen molar-refractivity contribution in [3.63, 3.8) is 0 Å². The lowest BCUT2D eigenvalue weighted by Crippen LogP contribution is -2.21. The van der Waals surface area contributed by atoms with Gasteiger partial charge in [-0.25, -0.2) is 0 Å². The number of aryl methyl sites for hydroxylation is 1. The van der Waals surface area contributed by atoms with Crippen LogP contribution in [0.25, 0.3) is 17.2 Å². The van der Waals surface area contributed by atoms with Crippen molar-refractivity contribution >= 4 is 17.7 Å². The van der Waals surface area contributed by atoms with E-state index in [1.54, 1.807) is 42.6 Å². The van der Waals surface area contributed by atoms with Crippen molar-refractivity contribution in [3.8, 4) is 16.9 Å². The summed E-state index contributed by atoms with van der Waals surface area (Å²) in [6.07, 6.45) is 2.71. The third kappa shape index (κ3) is 4.60. The zero-order chi connectivity index (χ0) is 23.5. The number of rotatable bonds is 5. The van der Waals surface area contributed by atoms with E-state index in [0.29, 0.717) is 22.5 Å². The van der Waals surface area contributed by atoms with Crippen molar-refractivity contribution in [1.29, 1.82) is 0 Å². The van der Waals surface area contributed by atoms with E-state index in [9.17, 15) is 9.90 Å². The first-order chi connectivity index (χ1) is 16.6. The number of ether oxygens (including phenoxy) is 1. The third-order valence-electron chi connectivity index (χ3n) is 5.85. The van der Waals surface area contributed by atoms with E-state index in [2.05, 4.69) is 41.5 Å². The van der Waals surface area contributed by atoms with Gasteiger partial charge in [0.2, 0.25) is 0 Å². The number of nitrogens with zero attached hydrogens (tertiary/aromatic N) is 1. The molecular weight excluding hydrogens is 424 g/mol. The summed E-state index contributed by atoms with van der Waals surface area (Å²) >= 11 is 0. The Morgan fingerprint density at radius 3 is 2.47 bits per heavy atom. The lowest BCUT2D eigenvalue weighted by molar-refractivity contribution is -0.113. The highest BCUT2D eigenvalue weighted by Gasteiger charge is 2.18. The Morgan fingerprint density at radius 1 is 0.971 bits per heavy atom. The zero-order valence-corrected chi connectivity index (χ0v) is 18.7. The normalized spacial score (nSPS) is 13.3. The molecule has 168 valence electrons. The average molecular weight is 449 g/mol. The van der Waals surface area contributed by atoms with Gasteiger partial charge in [0, 0.05) is 17.4 Å². The molecule has 0 saturated carbocycles. The summed E-state index contributed by atoms with van der Waals surface area (Å²) in [6.45, 7) is 2.27. The van der Waals surface area contributed by atoms with Crippen molar-refractivity contribution in [1.82, 2.24) is 4.98 Å². The zero-order valence-electron chi connectivity index (χ0n) is 18.7. The van der Waals surface area contributed by atoms with E-state index in [1.165, 1.54) is 5.56 Å². The fraction of sp³-hybridized carbons (Fsp3) is 0.103. The summed E-state index contributed by atoms with van der Waals surface area (Å²) in [5.41, 5.74) is 6.75. The Hall–Kier alpha value is -4.22. The van der Waals surface area contributed by atoms with E-state index in [4.69, 9.17) is 4.74 Å². The summed E-state index contributed by atoms with van der Waals surface area (Å²) in [5, 5.41) is 13.4. The number of pyridine rings is 1. The minimum atomic E-state index is -0.820. The number of anilines is 1. The van der Waals surface area contributed by atoms with Gasteiger partial charge in [-0.15, -0.1) is 0 Å². The highest BCUT2D eigenvalue weighted by molar-refractivity contribution is 6.07. The Bertz CT molecular complexity index is 1340. The van der Waals surface area contributed by atoms with Gasteiger partial charge in [-0.2, -0.15) is 0 Å². The van der Waals surface area contributed by atoms with Crippen LogP contribution < -0.4 is 10.1 Å². The number of hydrogen-bond acceptors (Lipinski definition) is 4. The Labute approximate surface area is 198 Å². The molecule has 1 unspecified atom stereocenters. The smallest absolute Gasteiger partial charge is 0.255 e. The van der Waals surface area contributed by atoms with Crippen LogP contribution in [0, 0.1) is 6.92 Å². The maximum atomic E-state index is 12.9. The molecule has 0 bridgehead atoms. The van der Waals surface area contributed by atoms with Crippen molar-refractivity contribution < 1.29 is 14.6 Å². The standard InChI is InChI=1S/C29H24N2O3/c1-19-5-7-20(8-6-19)22-11-14-27-23(16-22)17-24(18-34-27)29(33)31-25-12-9-21(10-13-25)28(32)26-4-2-3-15-30-26/h2-17,28,32H,18H2,1H3,(H,31,33). The molecule has 1 aliphatic heterocycles. The lowest BCUT2D eigenvalue weighted by Gasteiger charge is -2.19. The van der Waals surface area contributed by atoms with Crippen LogP contribution in [0.3, 0.4) is 0 Å². The predicted octanol–water partition coefficient (Wildman–Crippen LogP) is 5.55.